The number of fused-ring (bicyclic) bond motifs is 2. The van der Waals surface area contributed by atoms with Crippen molar-refractivity contribution in [3.8, 4) is 11.4 Å². The Balaban J connectivity index is 1.14. The second-order valence-electron chi connectivity index (χ2n) is 10.2. The number of pyridine rings is 1. The normalized spacial score (nSPS) is 22.6. The summed E-state index contributed by atoms with van der Waals surface area (Å²) in [6, 6.07) is 10.2. The van der Waals surface area contributed by atoms with Gasteiger partial charge in [0, 0.05) is 36.9 Å². The van der Waals surface area contributed by atoms with E-state index in [2.05, 4.69) is 20.0 Å². The van der Waals surface area contributed by atoms with Crippen molar-refractivity contribution in [3.05, 3.63) is 60.8 Å². The SMILES string of the molecule is Nc1ncnc2c1c(-n1ccc(C(F)(F)F)n1)cn2[C@@H]1O[C@H](COc2ccc3ccc(N4CCC4)nc3c2)[C@@H](O)[C@@H]1F. The Labute approximate surface area is 235 Å². The summed E-state index contributed by atoms with van der Waals surface area (Å²) < 4.78 is 69.1. The van der Waals surface area contributed by atoms with Crippen molar-refractivity contribution in [3.63, 3.8) is 0 Å². The fraction of sp³-hybridized carbons (Fsp3) is 0.333. The number of halogens is 4. The first-order valence-corrected chi connectivity index (χ1v) is 13.2. The van der Waals surface area contributed by atoms with E-state index in [4.69, 9.17) is 20.2 Å². The van der Waals surface area contributed by atoms with Crippen LogP contribution in [0.25, 0.3) is 27.6 Å². The molecular formula is C27H24F4N8O3. The summed E-state index contributed by atoms with van der Waals surface area (Å²) in [6.07, 6.45) is -5.90. The minimum Gasteiger partial charge on any atom is -0.491 e. The lowest BCUT2D eigenvalue weighted by molar-refractivity contribution is -0.141. The van der Waals surface area contributed by atoms with Crippen molar-refractivity contribution >= 4 is 33.6 Å². The average molecular weight is 585 g/mol. The van der Waals surface area contributed by atoms with Crippen molar-refractivity contribution < 1.29 is 32.1 Å². The first-order chi connectivity index (χ1) is 20.2. The molecule has 15 heteroatoms. The highest BCUT2D eigenvalue weighted by Gasteiger charge is 2.46. The number of ether oxygens (including phenoxy) is 2. The molecule has 218 valence electrons. The number of anilines is 2. The van der Waals surface area contributed by atoms with E-state index in [-0.39, 0.29) is 29.1 Å². The van der Waals surface area contributed by atoms with Gasteiger partial charge in [0.2, 0.25) is 0 Å². The van der Waals surface area contributed by atoms with Crippen LogP contribution in [0.15, 0.2) is 55.1 Å². The summed E-state index contributed by atoms with van der Waals surface area (Å²) >= 11 is 0. The molecule has 0 aliphatic carbocycles. The molecule has 2 saturated heterocycles. The summed E-state index contributed by atoms with van der Waals surface area (Å²) in [5.41, 5.74) is 5.84. The lowest BCUT2D eigenvalue weighted by Crippen LogP contribution is -2.37. The Kier molecular flexibility index (Phi) is 6.16. The molecule has 0 saturated carbocycles. The minimum atomic E-state index is -4.67. The van der Waals surface area contributed by atoms with Crippen LogP contribution in [0.4, 0.5) is 29.2 Å². The summed E-state index contributed by atoms with van der Waals surface area (Å²) in [7, 11) is 0. The zero-order valence-corrected chi connectivity index (χ0v) is 21.8. The van der Waals surface area contributed by atoms with Crippen LogP contribution in [-0.4, -0.2) is 72.5 Å². The first kappa shape index (κ1) is 26.4. The lowest BCUT2D eigenvalue weighted by atomic mass is 10.1. The number of nitrogens with two attached hydrogens (primary N) is 1. The van der Waals surface area contributed by atoms with E-state index in [0.717, 1.165) is 59.5 Å². The Morgan fingerprint density at radius 3 is 2.67 bits per heavy atom. The molecule has 2 aliphatic rings. The second kappa shape index (κ2) is 9.80. The molecule has 2 fully saturated rings. The number of hydrogen-bond acceptors (Lipinski definition) is 9. The van der Waals surface area contributed by atoms with Gasteiger partial charge in [-0.05, 0) is 36.8 Å². The zero-order chi connectivity index (χ0) is 29.2. The van der Waals surface area contributed by atoms with Crippen molar-refractivity contribution in [2.45, 2.75) is 37.2 Å². The molecule has 0 radical (unpaired) electrons. The number of aliphatic hydroxyl groups excluding tert-OH is 1. The number of rotatable bonds is 6. The maximum Gasteiger partial charge on any atom is 0.435 e. The summed E-state index contributed by atoms with van der Waals surface area (Å²) in [5, 5.41) is 15.4. The summed E-state index contributed by atoms with van der Waals surface area (Å²) in [5.74, 6) is 1.31. The van der Waals surface area contributed by atoms with Crippen LogP contribution in [0.2, 0.25) is 0 Å². The number of hydrogen-bond donors (Lipinski definition) is 2. The van der Waals surface area contributed by atoms with Gasteiger partial charge in [0.25, 0.3) is 0 Å². The predicted octanol–water partition coefficient (Wildman–Crippen LogP) is 3.65. The molecule has 6 heterocycles. The zero-order valence-electron chi connectivity index (χ0n) is 21.8. The Hall–Kier alpha value is -4.50. The fourth-order valence-corrected chi connectivity index (χ4v) is 5.21. The van der Waals surface area contributed by atoms with Gasteiger partial charge in [-0.1, -0.05) is 0 Å². The minimum absolute atomic E-state index is 0.0474. The standard InChI is InChI=1S/C27H24F4N8O3/c28-22-23(40)18(12-41-15-4-2-14-3-5-20(35-16(14)10-15)37-7-1-8-37)42-26(22)38-11-17(21-24(32)33-13-34-25(21)38)39-9-6-19(36-39)27(29,30)31/h2-6,9-11,13,18,22-23,26,40H,1,7-8,12H2,(H2,32,33,34)/t18-,22+,23-,26-/m1/s1. The number of alkyl halides is 4. The van der Waals surface area contributed by atoms with E-state index in [9.17, 15) is 18.3 Å². The predicted molar refractivity (Wildman–Crippen MR) is 143 cm³/mol. The van der Waals surface area contributed by atoms with Gasteiger partial charge in [-0.25, -0.2) is 24.0 Å². The van der Waals surface area contributed by atoms with Gasteiger partial charge in [-0.2, -0.15) is 18.3 Å². The third-order valence-corrected chi connectivity index (χ3v) is 7.56. The van der Waals surface area contributed by atoms with Gasteiger partial charge >= 0.3 is 6.18 Å². The van der Waals surface area contributed by atoms with Crippen LogP contribution < -0.4 is 15.4 Å². The van der Waals surface area contributed by atoms with Gasteiger partial charge < -0.3 is 29.8 Å². The lowest BCUT2D eigenvalue weighted by Gasteiger charge is -2.32. The Morgan fingerprint density at radius 1 is 1.12 bits per heavy atom. The first-order valence-electron chi connectivity index (χ1n) is 13.2. The van der Waals surface area contributed by atoms with Crippen LogP contribution in [0.5, 0.6) is 5.75 Å². The summed E-state index contributed by atoms with van der Waals surface area (Å²) in [6.45, 7) is 1.75. The third kappa shape index (κ3) is 4.44. The number of aromatic nitrogens is 6. The van der Waals surface area contributed by atoms with Gasteiger partial charge in [0.05, 0.1) is 16.6 Å². The number of nitrogen functional groups attached to an aromatic ring is 1. The van der Waals surface area contributed by atoms with Gasteiger partial charge in [-0.15, -0.1) is 0 Å². The molecule has 2 aliphatic heterocycles. The maximum absolute atomic E-state index is 15.5. The molecule has 0 spiro atoms. The molecule has 1 aromatic carbocycles. The average Bonchev–Trinajstić information content (AvgIpc) is 3.64. The topological polar surface area (TPSA) is 129 Å². The molecule has 5 aromatic rings. The van der Waals surface area contributed by atoms with E-state index in [0.29, 0.717) is 5.75 Å². The van der Waals surface area contributed by atoms with Crippen LogP contribution >= 0.6 is 0 Å². The molecule has 4 aromatic heterocycles. The molecular weight excluding hydrogens is 560 g/mol. The van der Waals surface area contributed by atoms with Crippen molar-refractivity contribution in [1.29, 1.82) is 0 Å². The molecule has 7 rings (SSSR count). The molecule has 4 atom stereocenters. The van der Waals surface area contributed by atoms with Crippen molar-refractivity contribution in [2.75, 3.05) is 30.3 Å². The molecule has 0 amide bonds. The van der Waals surface area contributed by atoms with Gasteiger partial charge in [0.15, 0.2) is 18.1 Å². The molecule has 0 unspecified atom stereocenters. The highest BCUT2D eigenvalue weighted by molar-refractivity contribution is 5.94. The van der Waals surface area contributed by atoms with Crippen LogP contribution in [-0.2, 0) is 10.9 Å². The van der Waals surface area contributed by atoms with Gasteiger partial charge in [-0.3, -0.25) is 0 Å². The van der Waals surface area contributed by atoms with E-state index in [1.807, 2.05) is 18.2 Å². The maximum atomic E-state index is 15.5. The smallest absolute Gasteiger partial charge is 0.435 e. The Bertz CT molecular complexity index is 1790. The van der Waals surface area contributed by atoms with Crippen LogP contribution in [0, 0.1) is 0 Å². The summed E-state index contributed by atoms with van der Waals surface area (Å²) in [4.78, 5) is 15.0. The van der Waals surface area contributed by atoms with Crippen LogP contribution in [0.3, 0.4) is 0 Å². The molecule has 3 N–H and O–H groups in total. The van der Waals surface area contributed by atoms with Crippen LogP contribution in [0.1, 0.15) is 18.3 Å². The fourth-order valence-electron chi connectivity index (χ4n) is 5.21. The quantitative estimate of drug-likeness (QED) is 0.287. The second-order valence-corrected chi connectivity index (χ2v) is 10.2. The van der Waals surface area contributed by atoms with E-state index >= 15 is 4.39 Å². The number of aliphatic hydroxyl groups is 1. The Morgan fingerprint density at radius 2 is 1.93 bits per heavy atom. The number of nitrogens with zero attached hydrogens (tertiary/aromatic N) is 7. The van der Waals surface area contributed by atoms with Gasteiger partial charge in [0.1, 0.15) is 48.2 Å². The van der Waals surface area contributed by atoms with Crippen molar-refractivity contribution in [1.82, 2.24) is 29.3 Å². The van der Waals surface area contributed by atoms with Crippen molar-refractivity contribution in [2.24, 2.45) is 0 Å². The van der Waals surface area contributed by atoms with E-state index in [1.54, 1.807) is 12.1 Å². The van der Waals surface area contributed by atoms with E-state index < -0.39 is 36.5 Å². The highest BCUT2D eigenvalue weighted by atomic mass is 19.4. The highest BCUT2D eigenvalue weighted by Crippen LogP contribution is 2.38. The molecule has 0 bridgehead atoms. The monoisotopic (exact) mass is 584 g/mol. The largest absolute Gasteiger partial charge is 0.491 e. The third-order valence-electron chi connectivity index (χ3n) is 7.56. The molecule has 42 heavy (non-hydrogen) atoms. The number of benzene rings is 1. The molecule has 11 nitrogen and oxygen atoms in total. The van der Waals surface area contributed by atoms with E-state index in [1.165, 1.54) is 10.8 Å².